The normalized spacial score (nSPS) is 15.6. The summed E-state index contributed by atoms with van der Waals surface area (Å²) in [4.78, 5) is 14.0. The lowest BCUT2D eigenvalue weighted by atomic mass is 9.80. The van der Waals surface area contributed by atoms with E-state index in [4.69, 9.17) is 21.6 Å². The van der Waals surface area contributed by atoms with Crippen LogP contribution in [-0.2, 0) is 0 Å². The van der Waals surface area contributed by atoms with E-state index < -0.39 is 7.12 Å². The van der Waals surface area contributed by atoms with E-state index >= 15 is 0 Å². The van der Waals surface area contributed by atoms with Gasteiger partial charge in [-0.3, -0.25) is 4.79 Å². The third kappa shape index (κ3) is 2.86. The van der Waals surface area contributed by atoms with Crippen molar-refractivity contribution in [2.45, 2.75) is 19.3 Å². The van der Waals surface area contributed by atoms with Crippen molar-refractivity contribution in [3.63, 3.8) is 0 Å². The molecule has 1 aliphatic heterocycles. The van der Waals surface area contributed by atoms with Crippen LogP contribution < -0.4 is 5.46 Å². The van der Waals surface area contributed by atoms with E-state index in [-0.39, 0.29) is 16.4 Å². The lowest BCUT2D eigenvalue weighted by Crippen LogP contribution is -2.36. The van der Waals surface area contributed by atoms with E-state index in [0.29, 0.717) is 5.56 Å². The van der Waals surface area contributed by atoms with Gasteiger partial charge in [0.1, 0.15) is 0 Å². The molecule has 0 atom stereocenters. The summed E-state index contributed by atoms with van der Waals surface area (Å²) in [6.45, 7) is 1.56. The second kappa shape index (κ2) is 5.74. The second-order valence-corrected chi connectivity index (χ2v) is 4.87. The first-order chi connectivity index (χ1) is 8.59. The first kappa shape index (κ1) is 13.4. The lowest BCUT2D eigenvalue weighted by Gasteiger charge is -2.26. The van der Waals surface area contributed by atoms with Crippen molar-refractivity contribution < 1.29 is 14.8 Å². The Hall–Kier alpha value is -1.04. The highest BCUT2D eigenvalue weighted by Crippen LogP contribution is 2.15. The van der Waals surface area contributed by atoms with Crippen molar-refractivity contribution in [1.29, 1.82) is 0 Å². The fourth-order valence-corrected chi connectivity index (χ4v) is 2.43. The molecular formula is C12H15BClNO3. The summed E-state index contributed by atoms with van der Waals surface area (Å²) >= 11 is 5.92. The molecule has 4 nitrogen and oxygen atoms in total. The molecule has 1 fully saturated rings. The average Bonchev–Trinajstić information content (AvgIpc) is 2.38. The van der Waals surface area contributed by atoms with Crippen LogP contribution in [0.25, 0.3) is 0 Å². The molecule has 1 amide bonds. The van der Waals surface area contributed by atoms with Crippen LogP contribution >= 0.6 is 11.6 Å². The molecule has 0 bridgehead atoms. The molecule has 1 aliphatic rings. The number of hydrogen-bond acceptors (Lipinski definition) is 3. The highest BCUT2D eigenvalue weighted by atomic mass is 35.5. The average molecular weight is 268 g/mol. The molecule has 1 aromatic carbocycles. The van der Waals surface area contributed by atoms with Gasteiger partial charge in [-0.15, -0.1) is 0 Å². The highest BCUT2D eigenvalue weighted by molar-refractivity contribution is 6.62. The summed E-state index contributed by atoms with van der Waals surface area (Å²) in [6, 6.07) is 4.55. The van der Waals surface area contributed by atoms with Crippen molar-refractivity contribution >= 4 is 30.1 Å². The number of carbonyl (C=O) groups excluding carboxylic acids is 1. The minimum atomic E-state index is -1.61. The highest BCUT2D eigenvalue weighted by Gasteiger charge is 2.21. The van der Waals surface area contributed by atoms with Gasteiger partial charge in [-0.25, -0.2) is 0 Å². The first-order valence-electron chi connectivity index (χ1n) is 6.04. The summed E-state index contributed by atoms with van der Waals surface area (Å²) in [6.07, 6.45) is 3.24. The van der Waals surface area contributed by atoms with Crippen LogP contribution in [0, 0.1) is 0 Å². The summed E-state index contributed by atoms with van der Waals surface area (Å²) < 4.78 is 0. The molecule has 6 heteroatoms. The van der Waals surface area contributed by atoms with Gasteiger partial charge in [-0.2, -0.15) is 0 Å². The maximum absolute atomic E-state index is 12.2. The Balaban J connectivity index is 2.18. The van der Waals surface area contributed by atoms with Gasteiger partial charge >= 0.3 is 7.12 Å². The standard InChI is InChI=1S/C12H15BClNO3/c14-11-8-9(4-5-10(11)13(17)18)12(16)15-6-2-1-3-7-15/h4-5,8,17-18H,1-3,6-7H2. The van der Waals surface area contributed by atoms with Crippen molar-refractivity contribution in [3.05, 3.63) is 28.8 Å². The van der Waals surface area contributed by atoms with E-state index in [0.717, 1.165) is 25.9 Å². The quantitative estimate of drug-likeness (QED) is 0.773. The van der Waals surface area contributed by atoms with Crippen LogP contribution in [0.5, 0.6) is 0 Å². The minimum absolute atomic E-state index is 0.0458. The van der Waals surface area contributed by atoms with E-state index in [1.165, 1.54) is 18.6 Å². The van der Waals surface area contributed by atoms with Gasteiger partial charge in [0, 0.05) is 29.1 Å². The Morgan fingerprint density at radius 1 is 1.22 bits per heavy atom. The lowest BCUT2D eigenvalue weighted by molar-refractivity contribution is 0.0724. The Labute approximate surface area is 111 Å². The molecule has 0 aromatic heterocycles. The molecule has 0 unspecified atom stereocenters. The van der Waals surface area contributed by atoms with Gasteiger partial charge in [0.15, 0.2) is 0 Å². The molecule has 1 saturated heterocycles. The van der Waals surface area contributed by atoms with Crippen LogP contribution in [0.1, 0.15) is 29.6 Å². The van der Waals surface area contributed by atoms with Crippen LogP contribution in [0.3, 0.4) is 0 Å². The maximum atomic E-state index is 12.2. The zero-order valence-corrected chi connectivity index (χ0v) is 10.7. The zero-order chi connectivity index (χ0) is 13.1. The molecule has 18 heavy (non-hydrogen) atoms. The number of rotatable bonds is 2. The predicted molar refractivity (Wildman–Crippen MR) is 71.0 cm³/mol. The van der Waals surface area contributed by atoms with E-state index in [9.17, 15) is 4.79 Å². The smallest absolute Gasteiger partial charge is 0.423 e. The number of carbonyl (C=O) groups is 1. The van der Waals surface area contributed by atoms with Gasteiger partial charge < -0.3 is 14.9 Å². The van der Waals surface area contributed by atoms with Crippen LogP contribution in [0.4, 0.5) is 0 Å². The number of benzene rings is 1. The van der Waals surface area contributed by atoms with Crippen molar-refractivity contribution in [2.24, 2.45) is 0 Å². The third-order valence-corrected chi connectivity index (χ3v) is 3.50. The zero-order valence-electron chi connectivity index (χ0n) is 9.97. The Morgan fingerprint density at radius 2 is 1.89 bits per heavy atom. The number of likely N-dealkylation sites (tertiary alicyclic amines) is 1. The van der Waals surface area contributed by atoms with Crippen molar-refractivity contribution in [1.82, 2.24) is 4.90 Å². The number of piperidine rings is 1. The number of halogens is 1. The van der Waals surface area contributed by atoms with Gasteiger partial charge in [0.05, 0.1) is 0 Å². The first-order valence-corrected chi connectivity index (χ1v) is 6.42. The summed E-state index contributed by atoms with van der Waals surface area (Å²) in [5, 5.41) is 18.3. The Bertz CT molecular complexity index is 447. The van der Waals surface area contributed by atoms with Crippen LogP contribution in [0.15, 0.2) is 18.2 Å². The van der Waals surface area contributed by atoms with E-state index in [1.807, 2.05) is 4.90 Å². The monoisotopic (exact) mass is 267 g/mol. The summed E-state index contributed by atoms with van der Waals surface area (Å²) in [5.74, 6) is -0.0458. The largest absolute Gasteiger partial charge is 0.489 e. The Kier molecular flexibility index (Phi) is 4.27. The van der Waals surface area contributed by atoms with Gasteiger partial charge in [0.2, 0.25) is 0 Å². The third-order valence-electron chi connectivity index (χ3n) is 3.17. The minimum Gasteiger partial charge on any atom is -0.423 e. The summed E-state index contributed by atoms with van der Waals surface area (Å²) in [5.41, 5.74) is 0.707. The van der Waals surface area contributed by atoms with E-state index in [2.05, 4.69) is 0 Å². The molecule has 0 radical (unpaired) electrons. The van der Waals surface area contributed by atoms with Crippen molar-refractivity contribution in [2.75, 3.05) is 13.1 Å². The molecule has 0 aliphatic carbocycles. The number of nitrogens with zero attached hydrogens (tertiary/aromatic N) is 1. The molecule has 1 aromatic rings. The molecule has 96 valence electrons. The molecular weight excluding hydrogens is 252 g/mol. The number of hydrogen-bond donors (Lipinski definition) is 2. The van der Waals surface area contributed by atoms with Crippen LogP contribution in [0.2, 0.25) is 5.02 Å². The fraction of sp³-hybridized carbons (Fsp3) is 0.417. The van der Waals surface area contributed by atoms with Crippen molar-refractivity contribution in [3.8, 4) is 0 Å². The van der Waals surface area contributed by atoms with Gasteiger partial charge in [-0.1, -0.05) is 17.7 Å². The van der Waals surface area contributed by atoms with E-state index in [1.54, 1.807) is 6.07 Å². The van der Waals surface area contributed by atoms with Crippen LogP contribution in [-0.4, -0.2) is 41.1 Å². The Morgan fingerprint density at radius 3 is 2.44 bits per heavy atom. The fourth-order valence-electron chi connectivity index (χ4n) is 2.15. The van der Waals surface area contributed by atoms with Gasteiger partial charge in [-0.05, 0) is 31.4 Å². The molecule has 2 rings (SSSR count). The topological polar surface area (TPSA) is 60.8 Å². The maximum Gasteiger partial charge on any atom is 0.489 e. The van der Waals surface area contributed by atoms with Gasteiger partial charge in [0.25, 0.3) is 5.91 Å². The molecule has 0 spiro atoms. The second-order valence-electron chi connectivity index (χ2n) is 4.46. The predicted octanol–water partition coefficient (Wildman–Crippen LogP) is 0.646. The molecule has 1 heterocycles. The molecule has 0 saturated carbocycles. The summed E-state index contributed by atoms with van der Waals surface area (Å²) in [7, 11) is -1.61. The molecule has 2 N–H and O–H groups in total. The SMILES string of the molecule is O=C(c1ccc(B(O)O)c(Cl)c1)N1CCCCC1. The number of amides is 1.